The molecule has 1 atom stereocenters. The topological polar surface area (TPSA) is 80.4 Å². The van der Waals surface area contributed by atoms with Gasteiger partial charge in [-0.25, -0.2) is 4.39 Å². The molecule has 1 N–H and O–H groups in total. The first-order valence-corrected chi connectivity index (χ1v) is 6.19. The molecule has 0 saturated carbocycles. The molecule has 0 radical (unpaired) electrons. The van der Waals surface area contributed by atoms with Gasteiger partial charge in [-0.2, -0.15) is 0 Å². The van der Waals surface area contributed by atoms with Gasteiger partial charge in [0.2, 0.25) is 0 Å². The van der Waals surface area contributed by atoms with E-state index in [4.69, 9.17) is 0 Å². The number of non-ortho nitro benzene ring substituents is 1. The molecular formula is C15H12FNO4. The van der Waals surface area contributed by atoms with E-state index in [0.717, 1.165) is 0 Å². The highest BCUT2D eigenvalue weighted by atomic mass is 19.1. The number of nitro groups is 1. The van der Waals surface area contributed by atoms with Gasteiger partial charge in [0, 0.05) is 17.7 Å². The van der Waals surface area contributed by atoms with Gasteiger partial charge in [0.05, 0.1) is 10.8 Å². The molecule has 0 fully saturated rings. The van der Waals surface area contributed by atoms with Crippen molar-refractivity contribution >= 4 is 11.7 Å². The van der Waals surface area contributed by atoms with Crippen molar-refractivity contribution < 1.29 is 19.2 Å². The zero-order valence-corrected chi connectivity index (χ0v) is 10.9. The molecule has 0 saturated heterocycles. The maximum absolute atomic E-state index is 13.7. The van der Waals surface area contributed by atoms with Crippen molar-refractivity contribution in [2.24, 2.45) is 0 Å². The van der Waals surface area contributed by atoms with E-state index >= 15 is 0 Å². The second-order valence-corrected chi connectivity index (χ2v) is 4.54. The molecule has 2 rings (SSSR count). The van der Waals surface area contributed by atoms with Crippen LogP contribution in [-0.4, -0.2) is 16.0 Å². The highest BCUT2D eigenvalue weighted by Crippen LogP contribution is 2.24. The maximum Gasteiger partial charge on any atom is 0.311 e. The summed E-state index contributed by atoms with van der Waals surface area (Å²) in [4.78, 5) is 21.4. The molecule has 2 aromatic rings. The van der Waals surface area contributed by atoms with E-state index < -0.39 is 22.6 Å². The lowest BCUT2D eigenvalue weighted by atomic mass is 9.91. The summed E-state index contributed by atoms with van der Waals surface area (Å²) in [7, 11) is 0. The maximum atomic E-state index is 13.7. The Morgan fingerprint density at radius 2 is 1.81 bits per heavy atom. The Bertz CT molecular complexity index is 670. The van der Waals surface area contributed by atoms with Crippen LogP contribution in [-0.2, 0) is 11.2 Å². The largest absolute Gasteiger partial charge is 0.481 e. The smallest absolute Gasteiger partial charge is 0.311 e. The van der Waals surface area contributed by atoms with Gasteiger partial charge in [-0.3, -0.25) is 14.9 Å². The first kappa shape index (κ1) is 14.6. The monoisotopic (exact) mass is 289 g/mol. The van der Waals surface area contributed by atoms with Crippen molar-refractivity contribution in [2.45, 2.75) is 12.3 Å². The van der Waals surface area contributed by atoms with Crippen LogP contribution in [0.4, 0.5) is 10.1 Å². The van der Waals surface area contributed by atoms with Crippen molar-refractivity contribution in [1.29, 1.82) is 0 Å². The lowest BCUT2D eigenvalue weighted by molar-refractivity contribution is -0.384. The van der Waals surface area contributed by atoms with Gasteiger partial charge in [0.25, 0.3) is 5.69 Å². The van der Waals surface area contributed by atoms with Crippen LogP contribution in [0.1, 0.15) is 17.0 Å². The number of nitrogens with zero attached hydrogens (tertiary/aromatic N) is 1. The predicted octanol–water partition coefficient (Wildman–Crippen LogP) is 3.14. The molecular weight excluding hydrogens is 277 g/mol. The van der Waals surface area contributed by atoms with Crippen molar-refractivity contribution in [2.75, 3.05) is 0 Å². The standard InChI is InChI=1S/C15H12FNO4/c16-14-4-2-1-3-12(14)13(15(18)19)9-10-5-7-11(8-6-10)17(20)21/h1-8,13H,9H2,(H,18,19). The Morgan fingerprint density at radius 1 is 1.19 bits per heavy atom. The van der Waals surface area contributed by atoms with Crippen LogP contribution in [0, 0.1) is 15.9 Å². The van der Waals surface area contributed by atoms with Crippen molar-refractivity contribution in [3.63, 3.8) is 0 Å². The van der Waals surface area contributed by atoms with Crippen molar-refractivity contribution in [3.8, 4) is 0 Å². The number of carboxylic acids is 1. The van der Waals surface area contributed by atoms with Crippen LogP contribution >= 0.6 is 0 Å². The van der Waals surface area contributed by atoms with Crippen LogP contribution in [0.3, 0.4) is 0 Å². The minimum atomic E-state index is -1.14. The molecule has 0 aliphatic carbocycles. The van der Waals surface area contributed by atoms with Gasteiger partial charge < -0.3 is 5.11 Å². The van der Waals surface area contributed by atoms with Gasteiger partial charge in [-0.15, -0.1) is 0 Å². The van der Waals surface area contributed by atoms with Crippen LogP contribution < -0.4 is 0 Å². The van der Waals surface area contributed by atoms with Gasteiger partial charge in [0.15, 0.2) is 0 Å². The summed E-state index contributed by atoms with van der Waals surface area (Å²) in [6.45, 7) is 0. The van der Waals surface area contributed by atoms with Crippen LogP contribution in [0.2, 0.25) is 0 Å². The molecule has 0 amide bonds. The molecule has 1 unspecified atom stereocenters. The highest BCUT2D eigenvalue weighted by molar-refractivity contribution is 5.76. The number of hydrogen-bond acceptors (Lipinski definition) is 3. The zero-order chi connectivity index (χ0) is 15.4. The van der Waals surface area contributed by atoms with E-state index in [1.165, 1.54) is 42.5 Å². The Balaban J connectivity index is 2.27. The van der Waals surface area contributed by atoms with Crippen molar-refractivity contribution in [1.82, 2.24) is 0 Å². The summed E-state index contributed by atoms with van der Waals surface area (Å²) in [5.74, 6) is -2.75. The molecule has 0 aliphatic heterocycles. The second kappa shape index (κ2) is 6.13. The molecule has 21 heavy (non-hydrogen) atoms. The highest BCUT2D eigenvalue weighted by Gasteiger charge is 2.23. The number of halogens is 1. The number of rotatable bonds is 5. The molecule has 2 aromatic carbocycles. The first-order chi connectivity index (χ1) is 9.99. The van der Waals surface area contributed by atoms with Gasteiger partial charge in [-0.1, -0.05) is 30.3 Å². The molecule has 0 aliphatic rings. The fourth-order valence-corrected chi connectivity index (χ4v) is 2.08. The third kappa shape index (κ3) is 3.42. The minimum absolute atomic E-state index is 0.0638. The number of nitro benzene ring substituents is 1. The molecule has 6 heteroatoms. The van der Waals surface area contributed by atoms with E-state index in [1.807, 2.05) is 0 Å². The Labute approximate surface area is 119 Å². The molecule has 0 aromatic heterocycles. The molecule has 5 nitrogen and oxygen atoms in total. The lowest BCUT2D eigenvalue weighted by Gasteiger charge is -2.13. The SMILES string of the molecule is O=C(O)C(Cc1ccc([N+](=O)[O-])cc1)c1ccccc1F. The average Bonchev–Trinajstić information content (AvgIpc) is 2.46. The Morgan fingerprint density at radius 3 is 2.33 bits per heavy atom. The lowest BCUT2D eigenvalue weighted by Crippen LogP contribution is -2.15. The summed E-state index contributed by atoms with van der Waals surface area (Å²) < 4.78 is 13.7. The number of benzene rings is 2. The summed E-state index contributed by atoms with van der Waals surface area (Å²) in [6, 6.07) is 11.3. The second-order valence-electron chi connectivity index (χ2n) is 4.54. The van der Waals surface area contributed by atoms with Crippen molar-refractivity contribution in [3.05, 3.63) is 75.6 Å². The van der Waals surface area contributed by atoms with Gasteiger partial charge in [-0.05, 0) is 18.1 Å². The summed E-state index contributed by atoms with van der Waals surface area (Å²) in [5, 5.41) is 19.9. The molecule has 0 bridgehead atoms. The van der Waals surface area contributed by atoms with Gasteiger partial charge >= 0.3 is 5.97 Å². The van der Waals surface area contributed by atoms with E-state index in [9.17, 15) is 24.4 Å². The normalized spacial score (nSPS) is 11.9. The number of carbonyl (C=O) groups is 1. The molecule has 0 spiro atoms. The predicted molar refractivity (Wildman–Crippen MR) is 73.6 cm³/mol. The third-order valence-electron chi connectivity index (χ3n) is 3.17. The Kier molecular flexibility index (Phi) is 4.27. The number of hydrogen-bond donors (Lipinski definition) is 1. The van der Waals surface area contributed by atoms with Crippen LogP contribution in [0.25, 0.3) is 0 Å². The fraction of sp³-hybridized carbons (Fsp3) is 0.133. The fourth-order valence-electron chi connectivity index (χ4n) is 2.08. The molecule has 108 valence electrons. The first-order valence-electron chi connectivity index (χ1n) is 6.19. The quantitative estimate of drug-likeness (QED) is 0.677. The van der Waals surface area contributed by atoms with E-state index in [0.29, 0.717) is 5.56 Å². The third-order valence-corrected chi connectivity index (χ3v) is 3.17. The van der Waals surface area contributed by atoms with Crippen LogP contribution in [0.5, 0.6) is 0 Å². The van der Waals surface area contributed by atoms with Gasteiger partial charge in [0.1, 0.15) is 5.82 Å². The zero-order valence-electron chi connectivity index (χ0n) is 10.9. The summed E-state index contributed by atoms with van der Waals surface area (Å²) in [5.41, 5.74) is 0.621. The molecule has 0 heterocycles. The number of carboxylic acid groups (broad SMARTS) is 1. The average molecular weight is 289 g/mol. The van der Waals surface area contributed by atoms with E-state index in [1.54, 1.807) is 6.07 Å². The van der Waals surface area contributed by atoms with Crippen LogP contribution in [0.15, 0.2) is 48.5 Å². The van der Waals surface area contributed by atoms with E-state index in [2.05, 4.69) is 0 Å². The summed E-state index contributed by atoms with van der Waals surface area (Å²) in [6.07, 6.45) is 0.0638. The summed E-state index contributed by atoms with van der Waals surface area (Å²) >= 11 is 0. The van der Waals surface area contributed by atoms with E-state index in [-0.39, 0.29) is 17.7 Å². The number of aliphatic carboxylic acids is 1. The minimum Gasteiger partial charge on any atom is -0.481 e. The Hall–Kier alpha value is -2.76.